The number of rotatable bonds is 7. The molecular formula is C31H22ClN3O4. The van der Waals surface area contributed by atoms with Gasteiger partial charge >= 0.3 is 0 Å². The number of aromatic nitrogens is 2. The van der Waals surface area contributed by atoms with Crippen LogP contribution in [0.3, 0.4) is 0 Å². The molecule has 39 heavy (non-hydrogen) atoms. The molecule has 0 fully saturated rings. The van der Waals surface area contributed by atoms with Gasteiger partial charge < -0.3 is 13.9 Å². The van der Waals surface area contributed by atoms with E-state index in [1.165, 1.54) is 4.68 Å². The van der Waals surface area contributed by atoms with Crippen molar-refractivity contribution in [3.8, 4) is 23.1 Å². The van der Waals surface area contributed by atoms with Gasteiger partial charge in [0.05, 0.1) is 24.2 Å². The molecule has 0 N–H and O–H groups in total. The van der Waals surface area contributed by atoms with Gasteiger partial charge in [-0.3, -0.25) is 4.79 Å². The summed E-state index contributed by atoms with van der Waals surface area (Å²) in [6.45, 7) is 0.361. The highest BCUT2D eigenvalue weighted by Crippen LogP contribution is 2.29. The summed E-state index contributed by atoms with van der Waals surface area (Å²) in [5.41, 5.74) is 2.65. The molecule has 0 atom stereocenters. The highest BCUT2D eigenvalue weighted by Gasteiger charge is 2.16. The van der Waals surface area contributed by atoms with Gasteiger partial charge in [0.25, 0.3) is 5.56 Å². The van der Waals surface area contributed by atoms with Crippen molar-refractivity contribution in [2.24, 2.45) is 5.10 Å². The molecule has 2 aromatic heterocycles. The topological polar surface area (TPSA) is 78.9 Å². The van der Waals surface area contributed by atoms with E-state index in [1.54, 1.807) is 43.7 Å². The molecule has 0 saturated carbocycles. The van der Waals surface area contributed by atoms with Gasteiger partial charge in [0.15, 0.2) is 17.3 Å². The quantitative estimate of drug-likeness (QED) is 0.207. The van der Waals surface area contributed by atoms with E-state index >= 15 is 0 Å². The first-order valence-electron chi connectivity index (χ1n) is 12.2. The van der Waals surface area contributed by atoms with E-state index in [-0.39, 0.29) is 5.56 Å². The second-order valence-electron chi connectivity index (χ2n) is 8.79. The summed E-state index contributed by atoms with van der Waals surface area (Å²) in [6, 6.07) is 29.5. The van der Waals surface area contributed by atoms with Gasteiger partial charge in [0.2, 0.25) is 5.82 Å². The van der Waals surface area contributed by atoms with Gasteiger partial charge in [0.1, 0.15) is 12.2 Å². The van der Waals surface area contributed by atoms with Crippen LogP contribution in [0.5, 0.6) is 11.5 Å². The highest BCUT2D eigenvalue weighted by atomic mass is 35.5. The van der Waals surface area contributed by atoms with E-state index in [0.717, 1.165) is 10.9 Å². The summed E-state index contributed by atoms with van der Waals surface area (Å²) in [7, 11) is 1.57. The minimum atomic E-state index is -0.304. The lowest BCUT2D eigenvalue weighted by Gasteiger charge is -2.11. The Kier molecular flexibility index (Phi) is 6.57. The van der Waals surface area contributed by atoms with Crippen LogP contribution in [-0.4, -0.2) is 23.0 Å². The molecule has 0 aliphatic rings. The number of hydrogen-bond donors (Lipinski definition) is 0. The van der Waals surface area contributed by atoms with Crippen molar-refractivity contribution in [1.82, 2.24) is 9.66 Å². The summed E-state index contributed by atoms with van der Waals surface area (Å²) in [5.74, 6) is 1.87. The normalized spacial score (nSPS) is 11.4. The van der Waals surface area contributed by atoms with Crippen molar-refractivity contribution in [3.05, 3.63) is 124 Å². The third-order valence-corrected chi connectivity index (χ3v) is 6.47. The number of halogens is 1. The Morgan fingerprint density at radius 1 is 0.949 bits per heavy atom. The summed E-state index contributed by atoms with van der Waals surface area (Å²) in [5, 5.41) is 6.56. The number of ether oxygens (including phenoxy) is 2. The van der Waals surface area contributed by atoms with E-state index < -0.39 is 0 Å². The zero-order chi connectivity index (χ0) is 26.8. The van der Waals surface area contributed by atoms with Crippen molar-refractivity contribution in [2.75, 3.05) is 7.11 Å². The molecule has 2 heterocycles. The molecule has 6 aromatic rings. The van der Waals surface area contributed by atoms with Crippen LogP contribution >= 0.6 is 11.6 Å². The van der Waals surface area contributed by atoms with Crippen molar-refractivity contribution in [1.29, 1.82) is 0 Å². The maximum atomic E-state index is 13.5. The van der Waals surface area contributed by atoms with E-state index in [0.29, 0.717) is 56.8 Å². The second kappa shape index (κ2) is 10.5. The fourth-order valence-corrected chi connectivity index (χ4v) is 4.36. The molecule has 0 amide bonds. The first kappa shape index (κ1) is 24.5. The lowest BCUT2D eigenvalue weighted by Crippen LogP contribution is -2.20. The van der Waals surface area contributed by atoms with Crippen molar-refractivity contribution >= 4 is 39.7 Å². The van der Waals surface area contributed by atoms with Crippen LogP contribution in [0.4, 0.5) is 0 Å². The molecule has 0 spiro atoms. The van der Waals surface area contributed by atoms with Gasteiger partial charge in [-0.05, 0) is 65.7 Å². The predicted molar refractivity (Wildman–Crippen MR) is 153 cm³/mol. The largest absolute Gasteiger partial charge is 0.493 e. The summed E-state index contributed by atoms with van der Waals surface area (Å²) in [4.78, 5) is 18.2. The molecular weight excluding hydrogens is 514 g/mol. The summed E-state index contributed by atoms with van der Waals surface area (Å²) < 4.78 is 18.8. The minimum Gasteiger partial charge on any atom is -0.493 e. The molecule has 8 heteroatoms. The fourth-order valence-electron chi connectivity index (χ4n) is 4.23. The van der Waals surface area contributed by atoms with Crippen LogP contribution in [0, 0.1) is 0 Å². The van der Waals surface area contributed by atoms with Gasteiger partial charge in [-0.25, -0.2) is 4.98 Å². The van der Waals surface area contributed by atoms with Gasteiger partial charge in [-0.1, -0.05) is 54.1 Å². The maximum Gasteiger partial charge on any atom is 0.282 e. The van der Waals surface area contributed by atoms with E-state index in [9.17, 15) is 4.79 Å². The Bertz CT molecular complexity index is 1860. The number of furan rings is 1. The van der Waals surface area contributed by atoms with Crippen molar-refractivity contribution in [3.63, 3.8) is 0 Å². The van der Waals surface area contributed by atoms with Crippen LogP contribution in [0.25, 0.3) is 33.5 Å². The predicted octanol–water partition coefficient (Wildman–Crippen LogP) is 6.93. The molecule has 0 saturated heterocycles. The summed E-state index contributed by atoms with van der Waals surface area (Å²) in [6.07, 6.45) is 1.58. The Labute approximate surface area is 228 Å². The molecule has 7 nitrogen and oxygen atoms in total. The van der Waals surface area contributed by atoms with Gasteiger partial charge in [-0.2, -0.15) is 9.78 Å². The maximum absolute atomic E-state index is 13.5. The second-order valence-corrected chi connectivity index (χ2v) is 9.22. The van der Waals surface area contributed by atoms with Crippen LogP contribution in [0.2, 0.25) is 5.02 Å². The third kappa shape index (κ3) is 5.00. The molecule has 0 aliphatic carbocycles. The number of nitrogens with zero attached hydrogens (tertiary/aromatic N) is 3. The lowest BCUT2D eigenvalue weighted by molar-refractivity contribution is 0.284. The Morgan fingerprint density at radius 2 is 1.74 bits per heavy atom. The third-order valence-electron chi connectivity index (χ3n) is 6.22. The average molecular weight is 536 g/mol. The highest BCUT2D eigenvalue weighted by molar-refractivity contribution is 6.30. The minimum absolute atomic E-state index is 0.304. The van der Waals surface area contributed by atoms with Gasteiger partial charge in [-0.15, -0.1) is 0 Å². The first-order valence-corrected chi connectivity index (χ1v) is 12.6. The zero-order valence-corrected chi connectivity index (χ0v) is 21.6. The molecule has 0 unspecified atom stereocenters. The molecule has 4 aromatic carbocycles. The number of para-hydroxylation sites is 2. The monoisotopic (exact) mass is 535 g/mol. The van der Waals surface area contributed by atoms with Crippen LogP contribution in [0.1, 0.15) is 11.1 Å². The fraction of sp³-hybridized carbons (Fsp3) is 0.0645. The smallest absolute Gasteiger partial charge is 0.282 e. The first-order chi connectivity index (χ1) is 19.1. The standard InChI is InChI=1S/C31H22ClN3O4/c1-37-28-16-21(12-15-27(28)38-19-20-10-13-23(32)14-11-20)18-33-35-30(29-17-22-6-2-5-9-26(22)39-29)34-25-8-4-3-7-24(25)31(35)36/h2-18H,19H2,1H3. The number of hydrogen-bond acceptors (Lipinski definition) is 6. The van der Waals surface area contributed by atoms with E-state index in [2.05, 4.69) is 5.10 Å². The van der Waals surface area contributed by atoms with Crippen LogP contribution < -0.4 is 15.0 Å². The van der Waals surface area contributed by atoms with E-state index in [1.807, 2.05) is 66.7 Å². The Morgan fingerprint density at radius 3 is 2.56 bits per heavy atom. The average Bonchev–Trinajstić information content (AvgIpc) is 3.41. The Hall–Kier alpha value is -4.88. The van der Waals surface area contributed by atoms with Crippen molar-refractivity contribution in [2.45, 2.75) is 6.61 Å². The van der Waals surface area contributed by atoms with Crippen molar-refractivity contribution < 1.29 is 13.9 Å². The molecule has 6 rings (SSSR count). The lowest BCUT2D eigenvalue weighted by atomic mass is 10.2. The zero-order valence-electron chi connectivity index (χ0n) is 20.9. The number of benzene rings is 4. The molecule has 0 bridgehead atoms. The molecule has 0 radical (unpaired) electrons. The molecule has 0 aliphatic heterocycles. The van der Waals surface area contributed by atoms with Crippen LogP contribution in [-0.2, 0) is 6.61 Å². The SMILES string of the molecule is COc1cc(C=Nn2c(-c3cc4ccccc4o3)nc3ccccc3c2=O)ccc1OCc1ccc(Cl)cc1. The van der Waals surface area contributed by atoms with Gasteiger partial charge in [0, 0.05) is 10.4 Å². The van der Waals surface area contributed by atoms with Crippen LogP contribution in [0.15, 0.2) is 111 Å². The molecule has 192 valence electrons. The van der Waals surface area contributed by atoms with E-state index in [4.69, 9.17) is 30.5 Å². The number of fused-ring (bicyclic) bond motifs is 2. The Balaban J connectivity index is 1.36. The summed E-state index contributed by atoms with van der Waals surface area (Å²) >= 11 is 5.97. The number of methoxy groups -OCH3 is 1.